The van der Waals surface area contributed by atoms with E-state index in [0.29, 0.717) is 25.7 Å². The fourth-order valence-corrected chi connectivity index (χ4v) is 3.18. The molecule has 2 bridgehead atoms. The molecule has 1 N–H and O–H groups in total. The number of hydrogen-bond donors (Lipinski definition) is 1. The smallest absolute Gasteiger partial charge is 0.407 e. The lowest BCUT2D eigenvalue weighted by atomic mass is 9.78. The quantitative estimate of drug-likeness (QED) is 0.858. The normalized spacial score (nSPS) is 27.8. The Kier molecular flexibility index (Phi) is 3.74. The van der Waals surface area contributed by atoms with Gasteiger partial charge in [0.2, 0.25) is 0 Å². The van der Waals surface area contributed by atoms with Crippen molar-refractivity contribution in [3.05, 3.63) is 48.0 Å². The van der Waals surface area contributed by atoms with Crippen molar-refractivity contribution in [3.8, 4) is 0 Å². The molecule has 0 saturated carbocycles. The van der Waals surface area contributed by atoms with Gasteiger partial charge in [-0.25, -0.2) is 4.79 Å². The van der Waals surface area contributed by atoms with Crippen molar-refractivity contribution in [1.29, 1.82) is 0 Å². The molecule has 1 aromatic carbocycles. The molecule has 4 nitrogen and oxygen atoms in total. The lowest BCUT2D eigenvalue weighted by Crippen LogP contribution is -2.53. The number of ether oxygens (including phenoxy) is 1. The summed E-state index contributed by atoms with van der Waals surface area (Å²) in [5.74, 6) is 0.625. The van der Waals surface area contributed by atoms with Crippen LogP contribution in [-0.2, 0) is 11.3 Å². The van der Waals surface area contributed by atoms with E-state index in [2.05, 4.69) is 6.08 Å². The summed E-state index contributed by atoms with van der Waals surface area (Å²) in [6, 6.07) is 10.0. The van der Waals surface area contributed by atoms with Crippen molar-refractivity contribution in [2.75, 3.05) is 13.2 Å². The Labute approximate surface area is 118 Å². The molecule has 1 amide bonds. The topological polar surface area (TPSA) is 49.8 Å². The van der Waals surface area contributed by atoms with Crippen LogP contribution in [0.3, 0.4) is 0 Å². The van der Waals surface area contributed by atoms with Crippen LogP contribution >= 0.6 is 0 Å². The predicted octanol–water partition coefficient (Wildman–Crippen LogP) is 2.76. The first-order valence-corrected chi connectivity index (χ1v) is 7.03. The fourth-order valence-electron chi connectivity index (χ4n) is 3.18. The van der Waals surface area contributed by atoms with Crippen LogP contribution < -0.4 is 0 Å². The Morgan fingerprint density at radius 2 is 2.10 bits per heavy atom. The van der Waals surface area contributed by atoms with Crippen LogP contribution in [0.4, 0.5) is 4.79 Å². The van der Waals surface area contributed by atoms with Gasteiger partial charge in [-0.2, -0.15) is 0 Å². The third-order valence-electron chi connectivity index (χ3n) is 4.15. The number of carboxylic acid groups (broad SMARTS) is 1. The standard InChI is InChI=1S/C16H19NO3/c18-16(19)17-9-13-6-7-15(17)14(8-13)11-20-10-12-4-2-1-3-5-12/h1-7,13-15H,8-11H2,(H,18,19). The highest BCUT2D eigenvalue weighted by atomic mass is 16.5. The number of rotatable bonds is 4. The van der Waals surface area contributed by atoms with Crippen molar-refractivity contribution in [2.45, 2.75) is 19.1 Å². The molecule has 1 aliphatic carbocycles. The van der Waals surface area contributed by atoms with E-state index in [9.17, 15) is 9.90 Å². The van der Waals surface area contributed by atoms with Gasteiger partial charge in [-0.1, -0.05) is 42.5 Å². The van der Waals surface area contributed by atoms with E-state index >= 15 is 0 Å². The van der Waals surface area contributed by atoms with Crippen LogP contribution in [0.2, 0.25) is 0 Å². The highest BCUT2D eigenvalue weighted by Gasteiger charge is 2.39. The third kappa shape index (κ3) is 2.70. The first-order chi connectivity index (χ1) is 9.74. The van der Waals surface area contributed by atoms with Crippen LogP contribution in [0.5, 0.6) is 0 Å². The molecule has 2 heterocycles. The van der Waals surface area contributed by atoms with Crippen LogP contribution in [0.1, 0.15) is 12.0 Å². The summed E-state index contributed by atoms with van der Waals surface area (Å²) in [7, 11) is 0. The molecule has 2 aliphatic heterocycles. The number of piperidine rings is 1. The monoisotopic (exact) mass is 273 g/mol. The van der Waals surface area contributed by atoms with Gasteiger partial charge in [-0.05, 0) is 17.9 Å². The Hall–Kier alpha value is -1.81. The molecule has 0 spiro atoms. The van der Waals surface area contributed by atoms with E-state index in [4.69, 9.17) is 4.74 Å². The number of nitrogens with zero attached hydrogens (tertiary/aromatic N) is 1. The summed E-state index contributed by atoms with van der Waals surface area (Å²) < 4.78 is 5.79. The van der Waals surface area contributed by atoms with E-state index < -0.39 is 6.09 Å². The lowest BCUT2D eigenvalue weighted by Gasteiger charge is -2.44. The lowest BCUT2D eigenvalue weighted by molar-refractivity contribution is 0.0150. The van der Waals surface area contributed by atoms with E-state index in [-0.39, 0.29) is 12.0 Å². The summed E-state index contributed by atoms with van der Waals surface area (Å²) in [6.45, 7) is 1.83. The maximum Gasteiger partial charge on any atom is 0.407 e. The molecule has 1 saturated heterocycles. The largest absolute Gasteiger partial charge is 0.465 e. The zero-order valence-corrected chi connectivity index (χ0v) is 11.3. The molecule has 1 fully saturated rings. The SMILES string of the molecule is O=C(O)N1CC2C=CC1C(COCc1ccccc1)C2. The molecule has 3 atom stereocenters. The van der Waals surface area contributed by atoms with Crippen molar-refractivity contribution in [3.63, 3.8) is 0 Å². The van der Waals surface area contributed by atoms with Gasteiger partial charge in [0.15, 0.2) is 0 Å². The van der Waals surface area contributed by atoms with E-state index in [1.165, 1.54) is 0 Å². The Balaban J connectivity index is 1.56. The first-order valence-electron chi connectivity index (χ1n) is 7.03. The van der Waals surface area contributed by atoms with Crippen LogP contribution in [0.25, 0.3) is 0 Å². The van der Waals surface area contributed by atoms with Gasteiger partial charge in [-0.3, -0.25) is 0 Å². The van der Waals surface area contributed by atoms with Gasteiger partial charge in [0.05, 0.1) is 19.3 Å². The van der Waals surface area contributed by atoms with Gasteiger partial charge >= 0.3 is 6.09 Å². The van der Waals surface area contributed by atoms with Crippen molar-refractivity contribution >= 4 is 6.09 Å². The van der Waals surface area contributed by atoms with E-state index in [1.807, 2.05) is 36.4 Å². The van der Waals surface area contributed by atoms with E-state index in [0.717, 1.165) is 12.0 Å². The highest BCUT2D eigenvalue weighted by Crippen LogP contribution is 2.34. The highest BCUT2D eigenvalue weighted by molar-refractivity contribution is 5.66. The number of fused-ring (bicyclic) bond motifs is 2. The maximum atomic E-state index is 11.2. The predicted molar refractivity (Wildman–Crippen MR) is 75.4 cm³/mol. The molecule has 3 aliphatic rings. The molecule has 4 heteroatoms. The average Bonchev–Trinajstić information content (AvgIpc) is 2.49. The van der Waals surface area contributed by atoms with Crippen molar-refractivity contribution in [1.82, 2.24) is 4.90 Å². The summed E-state index contributed by atoms with van der Waals surface area (Å²) in [6.07, 6.45) is 4.39. The zero-order chi connectivity index (χ0) is 13.9. The molecule has 3 unspecified atom stereocenters. The van der Waals surface area contributed by atoms with Crippen LogP contribution in [-0.4, -0.2) is 35.3 Å². The molecule has 1 aromatic rings. The number of hydrogen-bond acceptors (Lipinski definition) is 2. The summed E-state index contributed by atoms with van der Waals surface area (Å²) >= 11 is 0. The zero-order valence-electron chi connectivity index (χ0n) is 11.3. The molecular formula is C16H19NO3. The number of carbonyl (C=O) groups is 1. The minimum Gasteiger partial charge on any atom is -0.465 e. The minimum absolute atomic E-state index is 0.0201. The molecule has 4 rings (SSSR count). The average molecular weight is 273 g/mol. The second-order valence-electron chi connectivity index (χ2n) is 5.57. The summed E-state index contributed by atoms with van der Waals surface area (Å²) in [5.41, 5.74) is 1.15. The molecule has 0 radical (unpaired) electrons. The summed E-state index contributed by atoms with van der Waals surface area (Å²) in [4.78, 5) is 12.8. The van der Waals surface area contributed by atoms with Gasteiger partial charge < -0.3 is 14.7 Å². The molecule has 0 aromatic heterocycles. The molecular weight excluding hydrogens is 254 g/mol. The van der Waals surface area contributed by atoms with Gasteiger partial charge in [-0.15, -0.1) is 0 Å². The van der Waals surface area contributed by atoms with Crippen LogP contribution in [0, 0.1) is 11.8 Å². The molecule has 106 valence electrons. The van der Waals surface area contributed by atoms with Crippen molar-refractivity contribution < 1.29 is 14.6 Å². The minimum atomic E-state index is -0.822. The Bertz CT molecular complexity index is 500. The van der Waals surface area contributed by atoms with Gasteiger partial charge in [0.25, 0.3) is 0 Å². The Morgan fingerprint density at radius 1 is 1.30 bits per heavy atom. The fraction of sp³-hybridized carbons (Fsp3) is 0.438. The van der Waals surface area contributed by atoms with Gasteiger partial charge in [0, 0.05) is 12.5 Å². The first kappa shape index (κ1) is 13.2. The third-order valence-corrected chi connectivity index (χ3v) is 4.15. The Morgan fingerprint density at radius 3 is 2.80 bits per heavy atom. The summed E-state index contributed by atoms with van der Waals surface area (Å²) in [5, 5.41) is 9.23. The van der Waals surface area contributed by atoms with Crippen LogP contribution in [0.15, 0.2) is 42.5 Å². The number of benzene rings is 1. The van der Waals surface area contributed by atoms with E-state index in [1.54, 1.807) is 4.90 Å². The molecule has 20 heavy (non-hydrogen) atoms. The number of amides is 1. The second kappa shape index (κ2) is 5.67. The second-order valence-corrected chi connectivity index (χ2v) is 5.57. The van der Waals surface area contributed by atoms with Crippen molar-refractivity contribution in [2.24, 2.45) is 11.8 Å². The van der Waals surface area contributed by atoms with Gasteiger partial charge in [0.1, 0.15) is 0 Å². The maximum absolute atomic E-state index is 11.2.